The molecule has 0 spiro atoms. The zero-order valence-electron chi connectivity index (χ0n) is 12.2. The molecular weight excluding hydrogens is 240 g/mol. The van der Waals surface area contributed by atoms with Crippen LogP contribution in [0.3, 0.4) is 0 Å². The second-order valence-electron chi connectivity index (χ2n) is 5.77. The normalized spacial score (nSPS) is 12.5. The second-order valence-corrected chi connectivity index (χ2v) is 5.77. The highest BCUT2D eigenvalue weighted by atomic mass is 16.5. The van der Waals surface area contributed by atoms with Gasteiger partial charge in [-0.3, -0.25) is 0 Å². The van der Waals surface area contributed by atoms with Gasteiger partial charge in [0.25, 0.3) is 0 Å². The molecule has 106 valence electrons. The minimum absolute atomic E-state index is 0.148. The molecule has 1 aromatic carbocycles. The number of nitrogens with two attached hydrogens (primary N) is 1. The standard InChI is InChI=1S/C15H24N2O2/c1-11-10-12(15(2,3)4)7-8-13(11)19-9-5-6-14(16)17-18/h7-8,10,18H,5-6,9H2,1-4H3,(H2,16,17). The van der Waals surface area contributed by atoms with E-state index in [1.807, 2.05) is 13.0 Å². The molecule has 3 N–H and O–H groups in total. The van der Waals surface area contributed by atoms with Gasteiger partial charge in [-0.2, -0.15) is 0 Å². The van der Waals surface area contributed by atoms with Gasteiger partial charge in [0.15, 0.2) is 0 Å². The summed E-state index contributed by atoms with van der Waals surface area (Å²) in [5.41, 5.74) is 7.98. The Morgan fingerprint density at radius 2 is 2.05 bits per heavy atom. The summed E-state index contributed by atoms with van der Waals surface area (Å²) in [5, 5.41) is 11.4. The third kappa shape index (κ3) is 4.81. The molecule has 1 rings (SSSR count). The number of ether oxygens (including phenoxy) is 1. The molecule has 0 saturated carbocycles. The van der Waals surface area contributed by atoms with Gasteiger partial charge in [-0.05, 0) is 36.0 Å². The molecule has 0 amide bonds. The molecule has 0 aliphatic rings. The van der Waals surface area contributed by atoms with E-state index >= 15 is 0 Å². The first kappa shape index (κ1) is 15.3. The summed E-state index contributed by atoms with van der Waals surface area (Å²) in [7, 11) is 0. The zero-order chi connectivity index (χ0) is 14.5. The van der Waals surface area contributed by atoms with Crippen LogP contribution < -0.4 is 10.5 Å². The van der Waals surface area contributed by atoms with E-state index in [0.29, 0.717) is 13.0 Å². The SMILES string of the molecule is Cc1cc(C(C)(C)C)ccc1OCCC/C(N)=N/O. The molecule has 1 aromatic rings. The van der Waals surface area contributed by atoms with Crippen LogP contribution in [0.25, 0.3) is 0 Å². The Morgan fingerprint density at radius 3 is 2.58 bits per heavy atom. The highest BCUT2D eigenvalue weighted by Gasteiger charge is 2.14. The van der Waals surface area contributed by atoms with Crippen LogP contribution in [0.1, 0.15) is 44.7 Å². The molecular formula is C15H24N2O2. The van der Waals surface area contributed by atoms with E-state index in [1.165, 1.54) is 5.56 Å². The molecule has 0 aromatic heterocycles. The zero-order valence-corrected chi connectivity index (χ0v) is 12.2. The van der Waals surface area contributed by atoms with Gasteiger partial charge in [0, 0.05) is 6.42 Å². The maximum absolute atomic E-state index is 8.42. The Balaban J connectivity index is 2.56. The second kappa shape index (κ2) is 6.45. The highest BCUT2D eigenvalue weighted by Crippen LogP contribution is 2.27. The molecule has 19 heavy (non-hydrogen) atoms. The number of hydrogen-bond acceptors (Lipinski definition) is 3. The summed E-state index contributed by atoms with van der Waals surface area (Å²) >= 11 is 0. The van der Waals surface area contributed by atoms with E-state index in [0.717, 1.165) is 17.7 Å². The third-order valence-electron chi connectivity index (χ3n) is 3.00. The summed E-state index contributed by atoms with van der Waals surface area (Å²) < 4.78 is 5.71. The Hall–Kier alpha value is -1.71. The molecule has 4 heteroatoms. The number of benzene rings is 1. The van der Waals surface area contributed by atoms with Crippen molar-refractivity contribution in [2.75, 3.05) is 6.61 Å². The number of amidine groups is 1. The van der Waals surface area contributed by atoms with Gasteiger partial charge in [0.2, 0.25) is 0 Å². The average Bonchev–Trinajstić information content (AvgIpc) is 2.34. The van der Waals surface area contributed by atoms with Crippen molar-refractivity contribution in [3.63, 3.8) is 0 Å². The van der Waals surface area contributed by atoms with Gasteiger partial charge in [-0.15, -0.1) is 0 Å². The van der Waals surface area contributed by atoms with E-state index < -0.39 is 0 Å². The number of oxime groups is 1. The molecule has 4 nitrogen and oxygen atoms in total. The highest BCUT2D eigenvalue weighted by molar-refractivity contribution is 5.79. The third-order valence-corrected chi connectivity index (χ3v) is 3.00. The molecule has 0 aliphatic heterocycles. The fourth-order valence-corrected chi connectivity index (χ4v) is 1.76. The largest absolute Gasteiger partial charge is 0.493 e. The van der Waals surface area contributed by atoms with Gasteiger partial charge in [0.1, 0.15) is 11.6 Å². The lowest BCUT2D eigenvalue weighted by molar-refractivity contribution is 0.304. The van der Waals surface area contributed by atoms with Gasteiger partial charge < -0.3 is 15.7 Å². The van der Waals surface area contributed by atoms with Crippen LogP contribution >= 0.6 is 0 Å². The number of nitrogens with zero attached hydrogens (tertiary/aromatic N) is 1. The van der Waals surface area contributed by atoms with Crippen molar-refractivity contribution >= 4 is 5.84 Å². The van der Waals surface area contributed by atoms with Crippen LogP contribution in [-0.2, 0) is 5.41 Å². The van der Waals surface area contributed by atoms with Crippen LogP contribution in [0.4, 0.5) is 0 Å². The molecule has 0 radical (unpaired) electrons. The first-order valence-corrected chi connectivity index (χ1v) is 6.55. The topological polar surface area (TPSA) is 67.8 Å². The number of rotatable bonds is 5. The van der Waals surface area contributed by atoms with Crippen molar-refractivity contribution in [1.29, 1.82) is 0 Å². The Kier molecular flexibility index (Phi) is 5.21. The lowest BCUT2D eigenvalue weighted by Gasteiger charge is -2.20. The van der Waals surface area contributed by atoms with E-state index in [4.69, 9.17) is 15.7 Å². The van der Waals surface area contributed by atoms with Crippen molar-refractivity contribution in [1.82, 2.24) is 0 Å². The molecule has 0 bridgehead atoms. The number of hydrogen-bond donors (Lipinski definition) is 2. The first-order valence-electron chi connectivity index (χ1n) is 6.55. The quantitative estimate of drug-likeness (QED) is 0.282. The maximum atomic E-state index is 8.42. The maximum Gasteiger partial charge on any atom is 0.139 e. The smallest absolute Gasteiger partial charge is 0.139 e. The molecule has 0 heterocycles. The molecule has 0 fully saturated rings. The summed E-state index contributed by atoms with van der Waals surface area (Å²) in [6, 6.07) is 6.28. The minimum Gasteiger partial charge on any atom is -0.493 e. The number of aryl methyl sites for hydroxylation is 1. The van der Waals surface area contributed by atoms with Crippen LogP contribution in [0, 0.1) is 6.92 Å². The van der Waals surface area contributed by atoms with Crippen LogP contribution in [-0.4, -0.2) is 17.6 Å². The van der Waals surface area contributed by atoms with E-state index in [1.54, 1.807) is 0 Å². The first-order chi connectivity index (χ1) is 8.84. The van der Waals surface area contributed by atoms with Gasteiger partial charge >= 0.3 is 0 Å². The van der Waals surface area contributed by atoms with Crippen LogP contribution in [0.5, 0.6) is 5.75 Å². The Bertz CT molecular complexity index is 448. The van der Waals surface area contributed by atoms with Gasteiger partial charge in [-0.1, -0.05) is 38.1 Å². The lowest BCUT2D eigenvalue weighted by atomic mass is 9.86. The summed E-state index contributed by atoms with van der Waals surface area (Å²) in [5.74, 6) is 1.14. The van der Waals surface area contributed by atoms with Crippen molar-refractivity contribution in [3.05, 3.63) is 29.3 Å². The molecule has 0 saturated heterocycles. The Morgan fingerprint density at radius 1 is 1.37 bits per heavy atom. The molecule has 0 atom stereocenters. The molecule has 0 unspecified atom stereocenters. The van der Waals surface area contributed by atoms with Crippen LogP contribution in [0.15, 0.2) is 23.4 Å². The van der Waals surface area contributed by atoms with E-state index in [2.05, 4.69) is 38.1 Å². The fraction of sp³-hybridized carbons (Fsp3) is 0.533. The van der Waals surface area contributed by atoms with Crippen molar-refractivity contribution in [2.45, 2.75) is 46.0 Å². The van der Waals surface area contributed by atoms with Gasteiger partial charge in [0.05, 0.1) is 6.61 Å². The predicted molar refractivity (Wildman–Crippen MR) is 78.0 cm³/mol. The predicted octanol–water partition coefficient (Wildman–Crippen LogP) is 3.20. The van der Waals surface area contributed by atoms with Crippen molar-refractivity contribution in [3.8, 4) is 5.75 Å². The monoisotopic (exact) mass is 264 g/mol. The fourth-order valence-electron chi connectivity index (χ4n) is 1.76. The van der Waals surface area contributed by atoms with Gasteiger partial charge in [-0.25, -0.2) is 0 Å². The van der Waals surface area contributed by atoms with E-state index in [9.17, 15) is 0 Å². The summed E-state index contributed by atoms with van der Waals surface area (Å²) in [6.07, 6.45) is 1.27. The van der Waals surface area contributed by atoms with Crippen LogP contribution in [0.2, 0.25) is 0 Å². The van der Waals surface area contributed by atoms with E-state index in [-0.39, 0.29) is 11.3 Å². The van der Waals surface area contributed by atoms with Crippen molar-refractivity contribution < 1.29 is 9.94 Å². The summed E-state index contributed by atoms with van der Waals surface area (Å²) in [4.78, 5) is 0. The molecule has 0 aliphatic carbocycles. The lowest BCUT2D eigenvalue weighted by Crippen LogP contribution is -2.13. The van der Waals surface area contributed by atoms with Crippen molar-refractivity contribution in [2.24, 2.45) is 10.9 Å². The average molecular weight is 264 g/mol. The minimum atomic E-state index is 0.148. The Labute approximate surface area is 115 Å². The summed E-state index contributed by atoms with van der Waals surface area (Å²) in [6.45, 7) is 9.19.